The largest absolute Gasteiger partial charge is 0.440 e. The van der Waals surface area contributed by atoms with Gasteiger partial charge in [0.2, 0.25) is 0 Å². The normalized spacial score (nSPS) is 26.0. The number of nitrogens with zero attached hydrogens (tertiary/aromatic N) is 1. The van der Waals surface area contributed by atoms with Crippen LogP contribution in [0.1, 0.15) is 58.8 Å². The van der Waals surface area contributed by atoms with Gasteiger partial charge in [-0.25, -0.2) is 0 Å². The van der Waals surface area contributed by atoms with Crippen LogP contribution in [0.4, 0.5) is 8.78 Å². The molecule has 1 heterocycles. The zero-order chi connectivity index (χ0) is 17.9. The molecule has 0 radical (unpaired) electrons. The number of rotatable bonds is 11. The number of unbranched alkanes of at least 4 members (excludes halogenated alkanes) is 2. The number of allylic oxidation sites excluding steroid dienone is 2. The van der Waals surface area contributed by atoms with Gasteiger partial charge in [-0.1, -0.05) is 32.6 Å². The maximum atomic E-state index is 12.2. The third kappa shape index (κ3) is 8.66. The van der Waals surface area contributed by atoms with Crippen molar-refractivity contribution < 1.29 is 13.5 Å². The quantitative estimate of drug-likeness (QED) is 0.229. The molecule has 0 aliphatic carbocycles. The number of ether oxygens (including phenoxy) is 1. The van der Waals surface area contributed by atoms with Crippen LogP contribution >= 0.6 is 23.2 Å². The van der Waals surface area contributed by atoms with Gasteiger partial charge in [-0.3, -0.25) is 4.99 Å². The zero-order valence-corrected chi connectivity index (χ0v) is 16.1. The molecule has 6 heteroatoms. The molecule has 4 atom stereocenters. The molecule has 2 nitrogen and oxygen atoms in total. The fraction of sp³-hybridized carbons (Fsp3) is 0.833. The van der Waals surface area contributed by atoms with Gasteiger partial charge in [-0.15, -0.1) is 23.2 Å². The van der Waals surface area contributed by atoms with Crippen LogP contribution in [0.15, 0.2) is 16.8 Å². The number of halogens is 4. The molecule has 0 aromatic heterocycles. The van der Waals surface area contributed by atoms with Gasteiger partial charge in [0, 0.05) is 6.21 Å². The summed E-state index contributed by atoms with van der Waals surface area (Å²) >= 11 is 12.7. The van der Waals surface area contributed by atoms with Crippen LogP contribution in [0.3, 0.4) is 0 Å². The molecule has 24 heavy (non-hydrogen) atoms. The van der Waals surface area contributed by atoms with Gasteiger partial charge in [0.25, 0.3) is 0 Å². The Bertz CT molecular complexity index is 404. The van der Waals surface area contributed by atoms with E-state index in [9.17, 15) is 8.78 Å². The van der Waals surface area contributed by atoms with Crippen molar-refractivity contribution in [1.82, 2.24) is 0 Å². The number of aliphatic imine (C=N–C) groups is 1. The van der Waals surface area contributed by atoms with Gasteiger partial charge in [-0.2, -0.15) is 8.78 Å². The van der Waals surface area contributed by atoms with Gasteiger partial charge >= 0.3 is 6.61 Å². The smallest absolute Gasteiger partial charge is 0.387 e. The highest BCUT2D eigenvalue weighted by Gasteiger charge is 2.29. The number of alkyl halides is 4. The predicted molar refractivity (Wildman–Crippen MR) is 98.5 cm³/mol. The van der Waals surface area contributed by atoms with E-state index in [4.69, 9.17) is 23.2 Å². The van der Waals surface area contributed by atoms with Gasteiger partial charge in [0.05, 0.1) is 23.1 Å². The first-order valence-electron chi connectivity index (χ1n) is 8.83. The van der Waals surface area contributed by atoms with Crippen LogP contribution in [-0.4, -0.2) is 30.1 Å². The molecule has 0 N–H and O–H groups in total. The Morgan fingerprint density at radius 2 is 2.08 bits per heavy atom. The van der Waals surface area contributed by atoms with Gasteiger partial charge in [0.15, 0.2) is 0 Å². The van der Waals surface area contributed by atoms with Crippen molar-refractivity contribution >= 4 is 29.4 Å². The van der Waals surface area contributed by atoms with E-state index in [0.717, 1.165) is 32.1 Å². The van der Waals surface area contributed by atoms with Crippen molar-refractivity contribution in [2.75, 3.05) is 6.54 Å². The highest BCUT2D eigenvalue weighted by molar-refractivity contribution is 6.30. The molecule has 0 aromatic rings. The van der Waals surface area contributed by atoms with E-state index in [0.29, 0.717) is 18.2 Å². The first kappa shape index (κ1) is 21.7. The van der Waals surface area contributed by atoms with Crippen LogP contribution in [0.25, 0.3) is 0 Å². The fourth-order valence-electron chi connectivity index (χ4n) is 3.06. The summed E-state index contributed by atoms with van der Waals surface area (Å²) in [5.74, 6) is 0.960. The summed E-state index contributed by atoms with van der Waals surface area (Å²) in [6.45, 7) is 1.62. The molecule has 2 unspecified atom stereocenters. The van der Waals surface area contributed by atoms with Crippen LogP contribution in [0.2, 0.25) is 0 Å². The van der Waals surface area contributed by atoms with Crippen LogP contribution in [0, 0.1) is 11.8 Å². The molecule has 0 saturated heterocycles. The molecule has 1 aliphatic rings. The molecule has 0 spiro atoms. The Labute approximate surface area is 154 Å². The average Bonchev–Trinajstić information content (AvgIpc) is 2.50. The molecule has 1 rings (SSSR count). The lowest BCUT2D eigenvalue weighted by molar-refractivity contribution is -0.0957. The van der Waals surface area contributed by atoms with E-state index in [2.05, 4.69) is 16.7 Å². The molecule has 0 saturated carbocycles. The predicted octanol–water partition coefficient (Wildman–Crippen LogP) is 6.41. The topological polar surface area (TPSA) is 21.6 Å². The minimum atomic E-state index is -2.75. The van der Waals surface area contributed by atoms with Gasteiger partial charge in [-0.05, 0) is 44.1 Å². The Morgan fingerprint density at radius 1 is 1.33 bits per heavy atom. The van der Waals surface area contributed by atoms with E-state index in [1.165, 1.54) is 12.8 Å². The van der Waals surface area contributed by atoms with E-state index >= 15 is 0 Å². The maximum Gasteiger partial charge on any atom is 0.387 e. The molecule has 0 amide bonds. The molecule has 0 aromatic carbocycles. The number of hydrogen-bond acceptors (Lipinski definition) is 2. The first-order chi connectivity index (χ1) is 11.4. The van der Waals surface area contributed by atoms with Crippen LogP contribution < -0.4 is 0 Å². The monoisotopic (exact) mass is 383 g/mol. The summed E-state index contributed by atoms with van der Waals surface area (Å²) < 4.78 is 28.9. The fourth-order valence-corrected chi connectivity index (χ4v) is 3.88. The highest BCUT2D eigenvalue weighted by Crippen LogP contribution is 2.31. The summed E-state index contributed by atoms with van der Waals surface area (Å²) in [5, 5.41) is -0.134. The third-order valence-corrected chi connectivity index (χ3v) is 5.44. The summed E-state index contributed by atoms with van der Waals surface area (Å²) in [7, 11) is 0. The molecular weight excluding hydrogens is 355 g/mol. The third-order valence-electron chi connectivity index (χ3n) is 4.54. The Hall–Kier alpha value is -0.350. The number of hydrogen-bond donors (Lipinski definition) is 0. The highest BCUT2D eigenvalue weighted by atomic mass is 35.5. The summed E-state index contributed by atoms with van der Waals surface area (Å²) in [4.78, 5) is 4.18. The second-order valence-electron chi connectivity index (χ2n) is 6.51. The van der Waals surface area contributed by atoms with Crippen molar-refractivity contribution in [3.8, 4) is 0 Å². The van der Waals surface area contributed by atoms with E-state index < -0.39 is 6.61 Å². The van der Waals surface area contributed by atoms with Gasteiger partial charge in [0.1, 0.15) is 0 Å². The van der Waals surface area contributed by atoms with Crippen molar-refractivity contribution in [3.05, 3.63) is 11.8 Å². The van der Waals surface area contributed by atoms with E-state index in [-0.39, 0.29) is 16.7 Å². The molecule has 1 aliphatic heterocycles. The van der Waals surface area contributed by atoms with Crippen molar-refractivity contribution in [3.63, 3.8) is 0 Å². The Morgan fingerprint density at radius 3 is 2.71 bits per heavy atom. The van der Waals surface area contributed by atoms with Crippen LogP contribution in [-0.2, 0) is 4.74 Å². The van der Waals surface area contributed by atoms with Crippen molar-refractivity contribution in [2.24, 2.45) is 16.8 Å². The SMILES string of the molecule is CCCCC[C@@H](C/C=C(\C)OC(F)F)CCC1C(Cl)C=NC[C@@H]1Cl. The average molecular weight is 384 g/mol. The minimum absolute atomic E-state index is 0.0202. The molecule has 0 bridgehead atoms. The maximum absolute atomic E-state index is 12.2. The molecular formula is C18H29Cl2F2NO. The van der Waals surface area contributed by atoms with Crippen molar-refractivity contribution in [1.29, 1.82) is 0 Å². The summed E-state index contributed by atoms with van der Waals surface area (Å²) in [6.07, 6.45) is 10.9. The second kappa shape index (κ2) is 12.1. The second-order valence-corrected chi connectivity index (χ2v) is 7.57. The van der Waals surface area contributed by atoms with Crippen molar-refractivity contribution in [2.45, 2.75) is 76.2 Å². The minimum Gasteiger partial charge on any atom is -0.440 e. The molecule has 140 valence electrons. The van der Waals surface area contributed by atoms with E-state index in [1.54, 1.807) is 19.2 Å². The first-order valence-corrected chi connectivity index (χ1v) is 9.71. The molecule has 0 fully saturated rings. The van der Waals surface area contributed by atoms with E-state index in [1.807, 2.05) is 0 Å². The Kier molecular flexibility index (Phi) is 10.9. The lowest BCUT2D eigenvalue weighted by atomic mass is 9.86. The lowest BCUT2D eigenvalue weighted by Crippen LogP contribution is -2.32. The van der Waals surface area contributed by atoms with Crippen LogP contribution in [0.5, 0.6) is 0 Å². The summed E-state index contributed by atoms with van der Waals surface area (Å²) in [6, 6.07) is 0. The van der Waals surface area contributed by atoms with Gasteiger partial charge < -0.3 is 4.74 Å². The standard InChI is InChI=1S/C18H29Cl2F2NO/c1-3-4-5-6-14(8-7-13(2)24-18(21)22)9-10-15-16(19)11-23-12-17(15)20/h7,11,14-18H,3-6,8-10,12H2,1-2H3/b13-7+/t14-,15?,16?,17-/m0/s1. The summed E-state index contributed by atoms with van der Waals surface area (Å²) in [5.41, 5.74) is 0. The zero-order valence-electron chi connectivity index (χ0n) is 14.6. The lowest BCUT2D eigenvalue weighted by Gasteiger charge is -2.28. The Balaban J connectivity index is 2.53.